The molecule has 0 saturated heterocycles. The third-order valence-electron chi connectivity index (χ3n) is 1.93. The second-order valence-electron chi connectivity index (χ2n) is 3.37. The molecule has 0 fully saturated rings. The summed E-state index contributed by atoms with van der Waals surface area (Å²) >= 11 is 0. The van der Waals surface area contributed by atoms with Gasteiger partial charge in [-0.05, 0) is 12.8 Å². The summed E-state index contributed by atoms with van der Waals surface area (Å²) in [5.74, 6) is -0.913. The van der Waals surface area contributed by atoms with Crippen molar-refractivity contribution in [2.24, 2.45) is 5.92 Å². The summed E-state index contributed by atoms with van der Waals surface area (Å²) in [6.07, 6.45) is 5.20. The average Bonchev–Trinajstić information content (AvgIpc) is 2.18. The molecule has 0 rings (SSSR count). The van der Waals surface area contributed by atoms with Crippen LogP contribution in [-0.2, 0) is 14.3 Å². The molecule has 0 aliphatic rings. The van der Waals surface area contributed by atoms with Gasteiger partial charge in [-0.2, -0.15) is 0 Å². The SMILES string of the molecule is C=COC(=O)C(CC)CCCC.CC(=O)O. The van der Waals surface area contributed by atoms with E-state index in [2.05, 4.69) is 13.5 Å². The van der Waals surface area contributed by atoms with E-state index in [1.54, 1.807) is 0 Å². The number of ether oxygens (including phenoxy) is 1. The third kappa shape index (κ3) is 12.7. The maximum absolute atomic E-state index is 11.2. The van der Waals surface area contributed by atoms with Gasteiger partial charge in [0.2, 0.25) is 0 Å². The van der Waals surface area contributed by atoms with Crippen molar-refractivity contribution in [3.8, 4) is 0 Å². The Bertz CT molecular complexity index is 207. The number of carboxylic acid groups (broad SMARTS) is 1. The minimum atomic E-state index is -0.833. The Hall–Kier alpha value is -1.32. The molecule has 0 saturated carbocycles. The lowest BCUT2D eigenvalue weighted by molar-refractivity contribution is -0.143. The van der Waals surface area contributed by atoms with Gasteiger partial charge >= 0.3 is 5.97 Å². The van der Waals surface area contributed by atoms with Crippen molar-refractivity contribution < 1.29 is 19.4 Å². The molecule has 0 bridgehead atoms. The van der Waals surface area contributed by atoms with Crippen LogP contribution in [0.4, 0.5) is 0 Å². The van der Waals surface area contributed by atoms with Gasteiger partial charge in [0.05, 0.1) is 12.2 Å². The standard InChI is InChI=1S/C10H18O2.C2H4O2/c1-4-7-8-9(5-2)10(11)12-6-3;1-2(3)4/h6,9H,3-5,7-8H2,1-2H3;1H3,(H,3,4). The Balaban J connectivity index is 0. The van der Waals surface area contributed by atoms with Crippen LogP contribution in [0.3, 0.4) is 0 Å². The van der Waals surface area contributed by atoms with Crippen LogP contribution in [0.15, 0.2) is 12.8 Å². The Morgan fingerprint density at radius 3 is 2.25 bits per heavy atom. The van der Waals surface area contributed by atoms with Crippen molar-refractivity contribution in [3.63, 3.8) is 0 Å². The Kier molecular flexibility index (Phi) is 12.6. The number of aliphatic carboxylic acids is 1. The smallest absolute Gasteiger partial charge is 0.313 e. The zero-order chi connectivity index (χ0) is 13.0. The zero-order valence-electron chi connectivity index (χ0n) is 10.4. The molecule has 0 radical (unpaired) electrons. The molecule has 0 aliphatic carbocycles. The maximum Gasteiger partial charge on any atom is 0.313 e. The van der Waals surface area contributed by atoms with E-state index in [4.69, 9.17) is 14.6 Å². The predicted molar refractivity (Wildman–Crippen MR) is 62.9 cm³/mol. The summed E-state index contributed by atoms with van der Waals surface area (Å²) in [4.78, 5) is 20.2. The van der Waals surface area contributed by atoms with Crippen molar-refractivity contribution in [1.82, 2.24) is 0 Å². The van der Waals surface area contributed by atoms with E-state index < -0.39 is 5.97 Å². The van der Waals surface area contributed by atoms with Crippen molar-refractivity contribution >= 4 is 11.9 Å². The largest absolute Gasteiger partial charge is 0.481 e. The maximum atomic E-state index is 11.2. The van der Waals surface area contributed by atoms with Crippen LogP contribution >= 0.6 is 0 Å². The van der Waals surface area contributed by atoms with Crippen LogP contribution in [0.2, 0.25) is 0 Å². The summed E-state index contributed by atoms with van der Waals surface area (Å²) in [5.41, 5.74) is 0. The normalized spacial score (nSPS) is 10.7. The first-order chi connectivity index (χ1) is 7.49. The monoisotopic (exact) mass is 230 g/mol. The highest BCUT2D eigenvalue weighted by Crippen LogP contribution is 2.14. The summed E-state index contributed by atoms with van der Waals surface area (Å²) in [5, 5.41) is 7.42. The molecule has 1 N–H and O–H groups in total. The Morgan fingerprint density at radius 2 is 1.94 bits per heavy atom. The molecular formula is C12H22O4. The van der Waals surface area contributed by atoms with E-state index in [1.807, 2.05) is 6.92 Å². The molecule has 0 amide bonds. The number of esters is 1. The summed E-state index contributed by atoms with van der Waals surface area (Å²) < 4.78 is 4.72. The summed E-state index contributed by atoms with van der Waals surface area (Å²) in [6.45, 7) is 8.56. The minimum Gasteiger partial charge on any atom is -0.481 e. The van der Waals surface area contributed by atoms with E-state index in [9.17, 15) is 4.79 Å². The number of hydrogen-bond donors (Lipinski definition) is 1. The molecule has 94 valence electrons. The summed E-state index contributed by atoms with van der Waals surface area (Å²) in [7, 11) is 0. The molecule has 16 heavy (non-hydrogen) atoms. The highest BCUT2D eigenvalue weighted by atomic mass is 16.5. The van der Waals surface area contributed by atoms with Gasteiger partial charge in [0, 0.05) is 6.92 Å². The molecule has 0 heterocycles. The van der Waals surface area contributed by atoms with Gasteiger partial charge < -0.3 is 9.84 Å². The topological polar surface area (TPSA) is 63.6 Å². The lowest BCUT2D eigenvalue weighted by atomic mass is 10.00. The first kappa shape index (κ1) is 17.1. The molecule has 0 spiro atoms. The molecular weight excluding hydrogens is 208 g/mol. The zero-order valence-corrected chi connectivity index (χ0v) is 10.4. The fourth-order valence-corrected chi connectivity index (χ4v) is 1.12. The highest BCUT2D eigenvalue weighted by molar-refractivity contribution is 5.72. The lowest BCUT2D eigenvalue weighted by Crippen LogP contribution is -2.14. The van der Waals surface area contributed by atoms with Gasteiger partial charge in [0.15, 0.2) is 0 Å². The van der Waals surface area contributed by atoms with E-state index in [0.29, 0.717) is 0 Å². The van der Waals surface area contributed by atoms with E-state index >= 15 is 0 Å². The lowest BCUT2D eigenvalue weighted by Gasteiger charge is -2.10. The minimum absolute atomic E-state index is 0.0583. The third-order valence-corrected chi connectivity index (χ3v) is 1.93. The van der Waals surface area contributed by atoms with Gasteiger partial charge in [-0.1, -0.05) is 33.3 Å². The second-order valence-corrected chi connectivity index (χ2v) is 3.37. The quantitative estimate of drug-likeness (QED) is 0.562. The number of unbranched alkanes of at least 4 members (excludes halogenated alkanes) is 1. The molecule has 1 atom stereocenters. The summed E-state index contributed by atoms with van der Waals surface area (Å²) in [6, 6.07) is 0. The van der Waals surface area contributed by atoms with Gasteiger partial charge in [0.1, 0.15) is 0 Å². The van der Waals surface area contributed by atoms with Crippen molar-refractivity contribution in [3.05, 3.63) is 12.8 Å². The second kappa shape index (κ2) is 11.8. The van der Waals surface area contributed by atoms with Crippen LogP contribution in [-0.4, -0.2) is 17.0 Å². The van der Waals surface area contributed by atoms with E-state index in [0.717, 1.165) is 32.6 Å². The number of carbonyl (C=O) groups excluding carboxylic acids is 1. The van der Waals surface area contributed by atoms with Crippen molar-refractivity contribution in [1.29, 1.82) is 0 Å². The molecule has 4 nitrogen and oxygen atoms in total. The Labute approximate surface area is 97.3 Å². The van der Waals surface area contributed by atoms with Crippen LogP contribution in [0.25, 0.3) is 0 Å². The molecule has 1 unspecified atom stereocenters. The van der Waals surface area contributed by atoms with E-state index in [-0.39, 0.29) is 11.9 Å². The molecule has 0 aromatic rings. The van der Waals surface area contributed by atoms with Gasteiger partial charge in [-0.3, -0.25) is 9.59 Å². The van der Waals surface area contributed by atoms with Crippen LogP contribution in [0, 0.1) is 5.92 Å². The molecule has 0 aromatic carbocycles. The fourth-order valence-electron chi connectivity index (χ4n) is 1.12. The van der Waals surface area contributed by atoms with Crippen LogP contribution in [0.5, 0.6) is 0 Å². The fraction of sp³-hybridized carbons (Fsp3) is 0.667. The first-order valence-electron chi connectivity index (χ1n) is 5.50. The van der Waals surface area contributed by atoms with Crippen LogP contribution in [0.1, 0.15) is 46.5 Å². The highest BCUT2D eigenvalue weighted by Gasteiger charge is 2.15. The molecule has 4 heteroatoms. The van der Waals surface area contributed by atoms with Gasteiger partial charge in [-0.25, -0.2) is 0 Å². The molecule has 0 aliphatic heterocycles. The van der Waals surface area contributed by atoms with Crippen molar-refractivity contribution in [2.45, 2.75) is 46.5 Å². The molecule has 0 aromatic heterocycles. The van der Waals surface area contributed by atoms with Crippen molar-refractivity contribution in [2.75, 3.05) is 0 Å². The predicted octanol–water partition coefficient (Wildman–Crippen LogP) is 2.98. The Morgan fingerprint density at radius 1 is 1.44 bits per heavy atom. The van der Waals surface area contributed by atoms with Gasteiger partial charge in [0.25, 0.3) is 5.97 Å². The van der Waals surface area contributed by atoms with Crippen LogP contribution < -0.4 is 0 Å². The number of carboxylic acids is 1. The average molecular weight is 230 g/mol. The first-order valence-corrected chi connectivity index (χ1v) is 5.50. The van der Waals surface area contributed by atoms with E-state index in [1.165, 1.54) is 6.26 Å². The van der Waals surface area contributed by atoms with Gasteiger partial charge in [-0.15, -0.1) is 0 Å². The number of rotatable bonds is 6. The number of hydrogen-bond acceptors (Lipinski definition) is 3. The number of carbonyl (C=O) groups is 2.